The van der Waals surface area contributed by atoms with Crippen LogP contribution in [0.5, 0.6) is 0 Å². The zero-order valence-corrected chi connectivity index (χ0v) is 23.6. The van der Waals surface area contributed by atoms with Crippen LogP contribution in [0.25, 0.3) is 0 Å². The summed E-state index contributed by atoms with van der Waals surface area (Å²) >= 11 is 0. The maximum atomic E-state index is 14.6. The Bertz CT molecular complexity index is 1010. The first-order valence-electron chi connectivity index (χ1n) is 13.6. The molecule has 2 fully saturated rings. The van der Waals surface area contributed by atoms with Crippen molar-refractivity contribution in [2.75, 3.05) is 19.8 Å². The Labute approximate surface area is 221 Å². The van der Waals surface area contributed by atoms with Gasteiger partial charge in [0.05, 0.1) is 24.2 Å². The fourth-order valence-electron chi connectivity index (χ4n) is 7.40. The first-order valence-corrected chi connectivity index (χ1v) is 13.6. The number of hydrogen-bond acceptors (Lipinski definition) is 6. The number of cyclic esters (lactones) is 1. The van der Waals surface area contributed by atoms with E-state index in [0.717, 1.165) is 12.8 Å². The Kier molecular flexibility index (Phi) is 6.94. The fourth-order valence-corrected chi connectivity index (χ4v) is 7.40. The molecule has 1 N–H and O–H groups in total. The maximum Gasteiger partial charge on any atom is 0.313 e. The number of amides is 2. The number of ether oxygens (including phenoxy) is 2. The summed E-state index contributed by atoms with van der Waals surface area (Å²) in [6, 6.07) is -1.58. The highest BCUT2D eigenvalue weighted by molar-refractivity contribution is 5.99. The van der Waals surface area contributed by atoms with E-state index in [2.05, 4.69) is 34.6 Å². The monoisotopic (exact) mass is 516 g/mol. The van der Waals surface area contributed by atoms with E-state index in [-0.39, 0.29) is 36.4 Å². The van der Waals surface area contributed by atoms with Crippen molar-refractivity contribution in [3.63, 3.8) is 0 Å². The summed E-state index contributed by atoms with van der Waals surface area (Å²) in [5, 5.41) is 10.5. The molecule has 4 aliphatic rings. The van der Waals surface area contributed by atoms with Crippen molar-refractivity contribution in [1.82, 2.24) is 9.80 Å². The number of hydrogen-bond donors (Lipinski definition) is 1. The van der Waals surface area contributed by atoms with E-state index < -0.39 is 46.6 Å². The lowest BCUT2D eigenvalue weighted by molar-refractivity contribution is -0.162. The van der Waals surface area contributed by atoms with Crippen LogP contribution in [0, 0.1) is 23.2 Å². The quantitative estimate of drug-likeness (QED) is 0.431. The molecule has 1 unspecified atom stereocenters. The Morgan fingerprint density at radius 2 is 1.76 bits per heavy atom. The lowest BCUT2D eigenvalue weighted by Gasteiger charge is -2.46. The van der Waals surface area contributed by atoms with E-state index in [0.29, 0.717) is 6.54 Å². The first kappa shape index (κ1) is 27.8. The summed E-state index contributed by atoms with van der Waals surface area (Å²) in [4.78, 5) is 45.7. The molecular formula is C29H44N2O6. The van der Waals surface area contributed by atoms with Crippen molar-refractivity contribution in [2.45, 2.75) is 97.1 Å². The molecule has 0 aromatic rings. The molecule has 8 nitrogen and oxygen atoms in total. The SMILES string of the molecule is CC[C@H](C)[C@H](CO)N1C(=O)[C@@H]2[C@H]3C(=O)OCC=C[C@@]3(C)O[C@@]23C=CCN(C(C)(C)CC(C)(C)C)C(=O)C13. The van der Waals surface area contributed by atoms with Gasteiger partial charge in [-0.15, -0.1) is 0 Å². The van der Waals surface area contributed by atoms with Gasteiger partial charge >= 0.3 is 5.97 Å². The number of nitrogens with zero attached hydrogens (tertiary/aromatic N) is 2. The average Bonchev–Trinajstić information content (AvgIpc) is 3.03. The van der Waals surface area contributed by atoms with Crippen LogP contribution in [-0.4, -0.2) is 81.3 Å². The van der Waals surface area contributed by atoms with Gasteiger partial charge in [0.2, 0.25) is 11.8 Å². The molecule has 2 amide bonds. The normalized spacial score (nSPS) is 35.5. The van der Waals surface area contributed by atoms with Gasteiger partial charge < -0.3 is 24.4 Å². The Balaban J connectivity index is 1.90. The molecule has 8 heteroatoms. The lowest BCUT2D eigenvalue weighted by Crippen LogP contribution is -2.62. The van der Waals surface area contributed by atoms with Crippen LogP contribution in [0.2, 0.25) is 0 Å². The van der Waals surface area contributed by atoms with Crippen LogP contribution in [-0.2, 0) is 23.9 Å². The predicted molar refractivity (Wildman–Crippen MR) is 139 cm³/mol. The minimum atomic E-state index is -1.35. The standard InChI is InChI=1S/C29H44N2O6/c1-9-18(2)19(16-32)31-22-24(34)30(27(6,7)17-26(3,4)5)14-10-13-29(22)20(23(31)33)21-25(35)36-15-11-12-28(21,8)37-29/h10-13,18-22,32H,9,14-17H2,1-8H3/t18-,19-,20-,21-,22?,28+,29-/m0/s1. The molecular weight excluding hydrogens is 472 g/mol. The van der Waals surface area contributed by atoms with Crippen LogP contribution >= 0.6 is 0 Å². The third-order valence-corrected chi connectivity index (χ3v) is 8.79. The molecule has 37 heavy (non-hydrogen) atoms. The lowest BCUT2D eigenvalue weighted by atomic mass is 9.74. The summed E-state index contributed by atoms with van der Waals surface area (Å²) in [5.41, 5.74) is -2.98. The molecule has 0 saturated carbocycles. The predicted octanol–water partition coefficient (Wildman–Crippen LogP) is 3.09. The van der Waals surface area contributed by atoms with Gasteiger partial charge in [0.1, 0.15) is 24.2 Å². The molecule has 7 atom stereocenters. The zero-order chi connectivity index (χ0) is 27.6. The number of carbonyl (C=O) groups is 3. The summed E-state index contributed by atoms with van der Waals surface area (Å²) < 4.78 is 12.2. The highest BCUT2D eigenvalue weighted by atomic mass is 16.6. The Morgan fingerprint density at radius 3 is 2.35 bits per heavy atom. The number of likely N-dealkylation sites (tertiary alicyclic amines) is 1. The van der Waals surface area contributed by atoms with Crippen LogP contribution in [0.15, 0.2) is 24.3 Å². The second-order valence-corrected chi connectivity index (χ2v) is 13.3. The van der Waals surface area contributed by atoms with Crippen molar-refractivity contribution in [2.24, 2.45) is 23.2 Å². The highest BCUT2D eigenvalue weighted by Gasteiger charge is 2.75. The molecule has 0 aromatic heterocycles. The molecule has 0 aromatic carbocycles. The largest absolute Gasteiger partial charge is 0.461 e. The van der Waals surface area contributed by atoms with E-state index in [1.807, 2.05) is 30.9 Å². The van der Waals surface area contributed by atoms with Crippen molar-refractivity contribution in [1.29, 1.82) is 0 Å². The summed E-state index contributed by atoms with van der Waals surface area (Å²) in [6.07, 6.45) is 8.76. The zero-order valence-electron chi connectivity index (χ0n) is 23.6. The van der Waals surface area contributed by atoms with E-state index in [1.165, 1.54) is 0 Å². The molecule has 0 bridgehead atoms. The number of aliphatic hydroxyl groups is 1. The number of esters is 1. The van der Waals surface area contributed by atoms with Gasteiger partial charge in [-0.3, -0.25) is 14.4 Å². The molecule has 4 aliphatic heterocycles. The number of carbonyl (C=O) groups excluding carboxylic acids is 3. The second kappa shape index (κ2) is 9.23. The molecule has 0 aliphatic carbocycles. The van der Waals surface area contributed by atoms with Crippen molar-refractivity contribution in [3.05, 3.63) is 24.3 Å². The minimum Gasteiger partial charge on any atom is -0.461 e. The van der Waals surface area contributed by atoms with Gasteiger partial charge in [0, 0.05) is 12.1 Å². The third-order valence-electron chi connectivity index (χ3n) is 8.79. The molecule has 4 rings (SSSR count). The fraction of sp³-hybridized carbons (Fsp3) is 0.759. The van der Waals surface area contributed by atoms with Gasteiger partial charge in [-0.25, -0.2) is 0 Å². The maximum absolute atomic E-state index is 14.6. The Morgan fingerprint density at radius 1 is 1.08 bits per heavy atom. The van der Waals surface area contributed by atoms with Crippen molar-refractivity contribution in [3.8, 4) is 0 Å². The van der Waals surface area contributed by atoms with Crippen LogP contribution in [0.4, 0.5) is 0 Å². The smallest absolute Gasteiger partial charge is 0.313 e. The summed E-state index contributed by atoms with van der Waals surface area (Å²) in [7, 11) is 0. The van der Waals surface area contributed by atoms with Gasteiger partial charge in [-0.2, -0.15) is 0 Å². The van der Waals surface area contributed by atoms with Crippen LogP contribution in [0.1, 0.15) is 68.2 Å². The number of rotatable bonds is 6. The third kappa shape index (κ3) is 4.34. The van der Waals surface area contributed by atoms with E-state index in [4.69, 9.17) is 9.47 Å². The molecule has 1 spiro atoms. The highest BCUT2D eigenvalue weighted by Crippen LogP contribution is 2.58. The van der Waals surface area contributed by atoms with Gasteiger partial charge in [0.15, 0.2) is 0 Å². The first-order chi connectivity index (χ1) is 17.1. The van der Waals surface area contributed by atoms with E-state index >= 15 is 0 Å². The van der Waals surface area contributed by atoms with E-state index in [1.54, 1.807) is 24.0 Å². The van der Waals surface area contributed by atoms with Crippen LogP contribution in [0.3, 0.4) is 0 Å². The molecule has 2 saturated heterocycles. The summed E-state index contributed by atoms with van der Waals surface area (Å²) in [6.45, 7) is 16.5. The second-order valence-electron chi connectivity index (χ2n) is 13.3. The number of aliphatic hydroxyl groups excluding tert-OH is 1. The van der Waals surface area contributed by atoms with E-state index in [9.17, 15) is 19.5 Å². The van der Waals surface area contributed by atoms with Gasteiger partial charge in [0.25, 0.3) is 0 Å². The molecule has 4 heterocycles. The van der Waals surface area contributed by atoms with Gasteiger partial charge in [-0.05, 0) is 44.6 Å². The molecule has 0 radical (unpaired) electrons. The van der Waals surface area contributed by atoms with Crippen molar-refractivity contribution >= 4 is 17.8 Å². The summed E-state index contributed by atoms with van der Waals surface area (Å²) in [5.74, 6) is -2.93. The van der Waals surface area contributed by atoms with Crippen molar-refractivity contribution < 1.29 is 29.0 Å². The topological polar surface area (TPSA) is 96.4 Å². The Hall–Kier alpha value is -2.19. The van der Waals surface area contributed by atoms with Gasteiger partial charge in [-0.1, -0.05) is 59.3 Å². The molecule has 206 valence electrons. The average molecular weight is 517 g/mol. The number of fused-ring (bicyclic) bond motifs is 2. The minimum absolute atomic E-state index is 0.0331. The van der Waals surface area contributed by atoms with Crippen LogP contribution < -0.4 is 0 Å².